The number of aromatic nitrogens is 5. The Bertz CT molecular complexity index is 1210. The lowest BCUT2D eigenvalue weighted by Crippen LogP contribution is -3.12. The van der Waals surface area contributed by atoms with E-state index < -0.39 is 0 Å². The normalized spacial score (nSPS) is 20.1. The fourth-order valence-corrected chi connectivity index (χ4v) is 5.49. The van der Waals surface area contributed by atoms with E-state index >= 15 is 0 Å². The minimum absolute atomic E-state index is 0.105. The van der Waals surface area contributed by atoms with Crippen molar-refractivity contribution in [2.45, 2.75) is 50.7 Å². The Morgan fingerprint density at radius 1 is 0.968 bits per heavy atom. The third-order valence-corrected chi connectivity index (χ3v) is 7.07. The Kier molecular flexibility index (Phi) is 4.72. The molecule has 2 aromatic heterocycles. The van der Waals surface area contributed by atoms with Crippen molar-refractivity contribution >= 4 is 10.9 Å². The van der Waals surface area contributed by atoms with Gasteiger partial charge in [-0.3, -0.25) is 4.98 Å². The first-order valence-electron chi connectivity index (χ1n) is 11.4. The van der Waals surface area contributed by atoms with Crippen molar-refractivity contribution in [2.75, 3.05) is 6.54 Å². The Balaban J connectivity index is 1.46. The van der Waals surface area contributed by atoms with Crippen LogP contribution >= 0.6 is 0 Å². The average molecular weight is 412 g/mol. The average Bonchev–Trinajstić information content (AvgIpc) is 3.51. The van der Waals surface area contributed by atoms with Crippen LogP contribution in [0.4, 0.5) is 0 Å². The Morgan fingerprint density at radius 3 is 2.74 bits per heavy atom. The van der Waals surface area contributed by atoms with Crippen LogP contribution in [0.2, 0.25) is 0 Å². The predicted molar refractivity (Wildman–Crippen MR) is 119 cm³/mol. The lowest BCUT2D eigenvalue weighted by molar-refractivity contribution is -0.941. The second kappa shape index (κ2) is 7.85. The van der Waals surface area contributed by atoms with Crippen molar-refractivity contribution in [3.05, 3.63) is 83.3 Å². The van der Waals surface area contributed by atoms with Crippen LogP contribution < -0.4 is 4.90 Å². The lowest BCUT2D eigenvalue weighted by atomic mass is 9.95. The van der Waals surface area contributed by atoms with E-state index in [4.69, 9.17) is 0 Å². The van der Waals surface area contributed by atoms with Crippen molar-refractivity contribution in [3.63, 3.8) is 0 Å². The van der Waals surface area contributed by atoms with Crippen molar-refractivity contribution in [3.8, 4) is 0 Å². The van der Waals surface area contributed by atoms with Crippen molar-refractivity contribution in [1.82, 2.24) is 25.2 Å². The van der Waals surface area contributed by atoms with Gasteiger partial charge in [-0.25, -0.2) is 4.68 Å². The van der Waals surface area contributed by atoms with Crippen LogP contribution in [0, 0.1) is 0 Å². The van der Waals surface area contributed by atoms with Gasteiger partial charge in [-0.15, -0.1) is 5.10 Å². The Morgan fingerprint density at radius 2 is 1.84 bits per heavy atom. The van der Waals surface area contributed by atoms with Crippen LogP contribution in [-0.2, 0) is 13.0 Å². The summed E-state index contributed by atoms with van der Waals surface area (Å²) < 4.78 is 2.14. The molecule has 4 aromatic rings. The molecular formula is C25H27N6+. The van der Waals surface area contributed by atoms with Crippen LogP contribution in [0.3, 0.4) is 0 Å². The molecule has 1 N–H and O–H groups in total. The standard InChI is InChI=1S/C25H26N6/c1-2-7-21-17-30(15-13-18(21)6-1)24(20-11-12-23-19(16-20)8-5-14-26-23)25-27-28-29-31(25)22-9-3-4-10-22/h1-2,5-8,11-12,14,16,22,24H,3-4,9-10,13,15,17H2/p+1/t24-/m1/s1. The van der Waals surface area contributed by atoms with Gasteiger partial charge in [0.05, 0.1) is 18.1 Å². The molecule has 0 saturated heterocycles. The Hall–Kier alpha value is -3.12. The van der Waals surface area contributed by atoms with Crippen LogP contribution in [0.15, 0.2) is 60.8 Å². The molecule has 6 heteroatoms. The highest BCUT2D eigenvalue weighted by atomic mass is 15.6. The molecule has 31 heavy (non-hydrogen) atoms. The van der Waals surface area contributed by atoms with Crippen molar-refractivity contribution < 1.29 is 4.90 Å². The summed E-state index contributed by atoms with van der Waals surface area (Å²) in [6, 6.07) is 20.2. The summed E-state index contributed by atoms with van der Waals surface area (Å²) in [4.78, 5) is 6.03. The minimum atomic E-state index is 0.105. The van der Waals surface area contributed by atoms with Gasteiger partial charge in [-0.05, 0) is 47.0 Å². The number of quaternary nitrogens is 1. The van der Waals surface area contributed by atoms with Gasteiger partial charge < -0.3 is 4.90 Å². The van der Waals surface area contributed by atoms with E-state index in [1.807, 2.05) is 12.3 Å². The molecule has 1 aliphatic carbocycles. The highest BCUT2D eigenvalue weighted by Gasteiger charge is 2.36. The van der Waals surface area contributed by atoms with Gasteiger partial charge in [0.1, 0.15) is 6.54 Å². The minimum Gasteiger partial charge on any atom is -0.318 e. The number of pyridine rings is 1. The zero-order valence-electron chi connectivity index (χ0n) is 17.6. The topological polar surface area (TPSA) is 60.9 Å². The van der Waals surface area contributed by atoms with Gasteiger partial charge in [0, 0.05) is 29.1 Å². The highest BCUT2D eigenvalue weighted by Crippen LogP contribution is 2.32. The molecule has 2 atom stereocenters. The first-order valence-corrected chi connectivity index (χ1v) is 11.4. The maximum atomic E-state index is 4.61. The molecule has 0 bridgehead atoms. The lowest BCUT2D eigenvalue weighted by Gasteiger charge is -2.32. The van der Waals surface area contributed by atoms with E-state index in [1.165, 1.54) is 52.7 Å². The summed E-state index contributed by atoms with van der Waals surface area (Å²) in [6.07, 6.45) is 7.81. The molecule has 1 aliphatic heterocycles. The third-order valence-electron chi connectivity index (χ3n) is 7.07. The smallest absolute Gasteiger partial charge is 0.214 e. The van der Waals surface area contributed by atoms with Gasteiger partial charge >= 0.3 is 0 Å². The van der Waals surface area contributed by atoms with Crippen LogP contribution in [0.25, 0.3) is 10.9 Å². The molecule has 0 spiro atoms. The summed E-state index contributed by atoms with van der Waals surface area (Å²) in [6.45, 7) is 2.06. The molecule has 6 rings (SSSR count). The van der Waals surface area contributed by atoms with Gasteiger partial charge in [0.2, 0.25) is 5.82 Å². The molecule has 0 amide bonds. The predicted octanol–water partition coefficient (Wildman–Crippen LogP) is 3.07. The number of nitrogens with zero attached hydrogens (tertiary/aromatic N) is 5. The third kappa shape index (κ3) is 3.41. The van der Waals surface area contributed by atoms with Crippen molar-refractivity contribution in [1.29, 1.82) is 0 Å². The molecule has 1 fully saturated rings. The summed E-state index contributed by atoms with van der Waals surface area (Å²) in [5, 5.41) is 14.4. The molecule has 2 aliphatic rings. The number of hydrogen-bond acceptors (Lipinski definition) is 4. The highest BCUT2D eigenvalue weighted by molar-refractivity contribution is 5.79. The molecule has 1 unspecified atom stereocenters. The summed E-state index contributed by atoms with van der Waals surface area (Å²) >= 11 is 0. The largest absolute Gasteiger partial charge is 0.318 e. The number of hydrogen-bond donors (Lipinski definition) is 1. The monoisotopic (exact) mass is 411 g/mol. The molecule has 156 valence electrons. The SMILES string of the molecule is c1ccc2c(c1)CC[NH+]([C@H](c1ccc3ncccc3c1)c1nnnn1C1CCCC1)C2. The first-order chi connectivity index (χ1) is 15.4. The van der Waals surface area contributed by atoms with Crippen LogP contribution in [0.5, 0.6) is 0 Å². The number of nitrogens with one attached hydrogen (secondary N) is 1. The van der Waals surface area contributed by atoms with Gasteiger partial charge in [-0.2, -0.15) is 0 Å². The molecule has 6 nitrogen and oxygen atoms in total. The summed E-state index contributed by atoms with van der Waals surface area (Å²) in [5.41, 5.74) is 5.21. The molecule has 1 saturated carbocycles. The molecular weight excluding hydrogens is 384 g/mol. The molecule has 0 radical (unpaired) electrons. The Labute approximate surface area is 181 Å². The fraction of sp³-hybridized carbons (Fsp3) is 0.360. The molecule has 3 heterocycles. The van der Waals surface area contributed by atoms with Crippen LogP contribution in [-0.4, -0.2) is 31.7 Å². The van der Waals surface area contributed by atoms with Gasteiger partial charge in [0.25, 0.3) is 0 Å². The van der Waals surface area contributed by atoms with E-state index in [2.05, 4.69) is 73.7 Å². The zero-order chi connectivity index (χ0) is 20.6. The second-order valence-corrected chi connectivity index (χ2v) is 8.91. The van der Waals surface area contributed by atoms with Crippen LogP contribution in [0.1, 0.15) is 60.3 Å². The summed E-state index contributed by atoms with van der Waals surface area (Å²) in [7, 11) is 0. The maximum Gasteiger partial charge on any atom is 0.214 e. The number of rotatable bonds is 4. The van der Waals surface area contributed by atoms with Gasteiger partial charge in [0.15, 0.2) is 6.04 Å². The van der Waals surface area contributed by atoms with E-state index in [-0.39, 0.29) is 6.04 Å². The zero-order valence-corrected chi connectivity index (χ0v) is 17.6. The van der Waals surface area contributed by atoms with E-state index in [0.717, 1.165) is 30.9 Å². The first kappa shape index (κ1) is 18.6. The summed E-state index contributed by atoms with van der Waals surface area (Å²) in [5.74, 6) is 1.00. The molecule has 2 aromatic carbocycles. The van der Waals surface area contributed by atoms with E-state index in [9.17, 15) is 0 Å². The quantitative estimate of drug-likeness (QED) is 0.561. The van der Waals surface area contributed by atoms with Gasteiger partial charge in [-0.1, -0.05) is 49.2 Å². The fourth-order valence-electron chi connectivity index (χ4n) is 5.49. The number of tetrazole rings is 1. The van der Waals surface area contributed by atoms with E-state index in [0.29, 0.717) is 6.04 Å². The second-order valence-electron chi connectivity index (χ2n) is 8.91. The van der Waals surface area contributed by atoms with E-state index in [1.54, 1.807) is 0 Å². The van der Waals surface area contributed by atoms with Crippen molar-refractivity contribution in [2.24, 2.45) is 0 Å². The number of benzene rings is 2. The number of fused-ring (bicyclic) bond motifs is 2. The maximum absolute atomic E-state index is 4.61.